The molecule has 0 aliphatic rings. The third-order valence-electron chi connectivity index (χ3n) is 5.28. The number of ether oxygens (including phenoxy) is 2. The predicted octanol–water partition coefficient (Wildman–Crippen LogP) is 5.71. The number of hydrogen-bond donors (Lipinski definition) is 0. The Morgan fingerprint density at radius 1 is 0.611 bits per heavy atom. The Morgan fingerprint density at radius 2 is 0.833 bits per heavy atom. The Morgan fingerprint density at radius 3 is 1.03 bits per heavy atom. The van der Waals surface area contributed by atoms with E-state index in [0.29, 0.717) is 0 Å². The van der Waals surface area contributed by atoms with Crippen molar-refractivity contribution in [2.24, 2.45) is 0 Å². The van der Waals surface area contributed by atoms with Gasteiger partial charge in [0.1, 0.15) is 24.3 Å². The molecule has 17 heteroatoms. The molecule has 0 atom stereocenters. The quantitative estimate of drug-likeness (QED) is 0.222. The molecule has 2 aromatic rings. The van der Waals surface area contributed by atoms with Crippen LogP contribution in [0.2, 0.25) is 10.0 Å². The lowest BCUT2D eigenvalue weighted by atomic mass is 10.0. The van der Waals surface area contributed by atoms with Crippen LogP contribution >= 0.6 is 23.2 Å². The van der Waals surface area contributed by atoms with Crippen LogP contribution in [-0.2, 0) is 22.7 Å². The molecule has 0 saturated heterocycles. The molecular weight excluding hydrogens is 531 g/mol. The number of nitrogens with zero attached hydrogens (tertiary/aromatic N) is 4. The van der Waals surface area contributed by atoms with Crippen molar-refractivity contribution in [1.82, 2.24) is 0 Å². The first-order chi connectivity index (χ1) is 16.6. The number of carbonyl (C=O) groups excluding carboxylic acids is 1. The number of hydrogen-bond acceptors (Lipinski definition) is 11. The molecule has 192 valence electrons. The first-order valence-electron chi connectivity index (χ1n) is 9.63. The Labute approximate surface area is 211 Å². The van der Waals surface area contributed by atoms with Gasteiger partial charge in [0.15, 0.2) is 0 Å². The molecule has 0 N–H and O–H groups in total. The maximum absolute atomic E-state index is 12.2. The molecule has 0 aliphatic heterocycles. The van der Waals surface area contributed by atoms with Crippen LogP contribution in [0.5, 0.6) is 0 Å². The van der Waals surface area contributed by atoms with E-state index in [0.717, 1.165) is 0 Å². The standard InChI is InChI=1S/C19H16Cl2N4O11/c1-7-13(20)8(2)16(23(29)30)11(15(7)22(27)28)5-35-19(26)36-6-12-17(24(31)32)9(3)14(21)10(4)18(12)25(33)34/h5-6H2,1-4H3. The van der Waals surface area contributed by atoms with Crippen molar-refractivity contribution in [2.75, 3.05) is 0 Å². The van der Waals surface area contributed by atoms with Crippen molar-refractivity contribution in [3.8, 4) is 0 Å². The van der Waals surface area contributed by atoms with Crippen LogP contribution in [-0.4, -0.2) is 25.8 Å². The second-order valence-electron chi connectivity index (χ2n) is 7.34. The van der Waals surface area contributed by atoms with E-state index in [1.54, 1.807) is 0 Å². The van der Waals surface area contributed by atoms with Crippen LogP contribution in [0, 0.1) is 68.2 Å². The van der Waals surface area contributed by atoms with Gasteiger partial charge in [-0.15, -0.1) is 0 Å². The Kier molecular flexibility index (Phi) is 8.33. The highest BCUT2D eigenvalue weighted by atomic mass is 35.5. The van der Waals surface area contributed by atoms with Crippen LogP contribution in [0.15, 0.2) is 0 Å². The van der Waals surface area contributed by atoms with Crippen molar-refractivity contribution >= 4 is 52.1 Å². The molecule has 0 unspecified atom stereocenters. The van der Waals surface area contributed by atoms with Gasteiger partial charge in [0, 0.05) is 22.3 Å². The van der Waals surface area contributed by atoms with Crippen molar-refractivity contribution in [1.29, 1.82) is 0 Å². The topological polar surface area (TPSA) is 208 Å². The minimum absolute atomic E-state index is 0.102. The van der Waals surface area contributed by atoms with Crippen molar-refractivity contribution < 1.29 is 34.0 Å². The summed E-state index contributed by atoms with van der Waals surface area (Å²) in [6, 6.07) is 0. The first kappa shape index (κ1) is 28.1. The summed E-state index contributed by atoms with van der Waals surface area (Å²) in [5, 5.41) is 45.7. The SMILES string of the molecule is Cc1c(Cl)c(C)c([N+](=O)[O-])c(COC(=O)OCc2c([N+](=O)[O-])c(C)c(Cl)c(C)c2[N+](=O)[O-])c1[N+](=O)[O-]. The van der Waals surface area contributed by atoms with E-state index in [2.05, 4.69) is 0 Å². The molecule has 0 aliphatic carbocycles. The van der Waals surface area contributed by atoms with Gasteiger partial charge in [-0.05, 0) is 27.7 Å². The van der Waals surface area contributed by atoms with Crippen LogP contribution < -0.4 is 0 Å². The first-order valence-corrected chi connectivity index (χ1v) is 10.4. The molecule has 2 aromatic carbocycles. The summed E-state index contributed by atoms with van der Waals surface area (Å²) in [5.74, 6) is 0. The minimum atomic E-state index is -1.56. The summed E-state index contributed by atoms with van der Waals surface area (Å²) < 4.78 is 9.57. The number of nitro benzene ring substituents is 4. The van der Waals surface area contributed by atoms with Crippen molar-refractivity contribution in [3.63, 3.8) is 0 Å². The van der Waals surface area contributed by atoms with Gasteiger partial charge in [-0.1, -0.05) is 23.2 Å². The summed E-state index contributed by atoms with van der Waals surface area (Å²) >= 11 is 12.0. The zero-order valence-corrected chi connectivity index (χ0v) is 20.5. The number of carbonyl (C=O) groups is 1. The van der Waals surface area contributed by atoms with Crippen LogP contribution in [0.25, 0.3) is 0 Å². The lowest BCUT2D eigenvalue weighted by molar-refractivity contribution is -0.396. The van der Waals surface area contributed by atoms with Crippen LogP contribution in [0.3, 0.4) is 0 Å². The average molecular weight is 547 g/mol. The zero-order chi connectivity index (χ0) is 27.6. The van der Waals surface area contributed by atoms with E-state index in [-0.39, 0.29) is 32.3 Å². The monoisotopic (exact) mass is 546 g/mol. The highest BCUT2D eigenvalue weighted by molar-refractivity contribution is 6.33. The third-order valence-corrected chi connectivity index (χ3v) is 6.41. The molecule has 0 amide bonds. The van der Waals surface area contributed by atoms with E-state index < -0.39 is 72.9 Å². The Balaban J connectivity index is 2.43. The largest absolute Gasteiger partial charge is 0.508 e. The maximum Gasteiger partial charge on any atom is 0.508 e. The fourth-order valence-electron chi connectivity index (χ4n) is 3.67. The van der Waals surface area contributed by atoms with Gasteiger partial charge >= 0.3 is 6.16 Å². The van der Waals surface area contributed by atoms with E-state index in [1.807, 2.05) is 0 Å². The molecule has 0 bridgehead atoms. The molecule has 36 heavy (non-hydrogen) atoms. The summed E-state index contributed by atoms with van der Waals surface area (Å²) in [6.45, 7) is 3.02. The van der Waals surface area contributed by atoms with Gasteiger partial charge in [-0.25, -0.2) is 4.79 Å². The van der Waals surface area contributed by atoms with Gasteiger partial charge in [0.2, 0.25) is 0 Å². The smallest absolute Gasteiger partial charge is 0.429 e. The summed E-state index contributed by atoms with van der Waals surface area (Å²) in [5.41, 5.74) is -4.55. The predicted molar refractivity (Wildman–Crippen MR) is 123 cm³/mol. The second-order valence-corrected chi connectivity index (χ2v) is 8.09. The normalized spacial score (nSPS) is 10.6. The number of benzene rings is 2. The average Bonchev–Trinajstić information content (AvgIpc) is 2.76. The summed E-state index contributed by atoms with van der Waals surface area (Å²) in [6.07, 6.45) is -1.56. The Hall–Kier alpha value is -4.11. The lowest BCUT2D eigenvalue weighted by Crippen LogP contribution is -2.13. The van der Waals surface area contributed by atoms with Gasteiger partial charge < -0.3 is 9.47 Å². The van der Waals surface area contributed by atoms with Crippen LogP contribution in [0.4, 0.5) is 27.5 Å². The van der Waals surface area contributed by atoms with E-state index in [9.17, 15) is 45.3 Å². The molecule has 15 nitrogen and oxygen atoms in total. The zero-order valence-electron chi connectivity index (χ0n) is 18.9. The molecule has 0 fully saturated rings. The van der Waals surface area contributed by atoms with Crippen LogP contribution in [0.1, 0.15) is 33.4 Å². The van der Waals surface area contributed by atoms with E-state index in [4.69, 9.17) is 32.7 Å². The van der Waals surface area contributed by atoms with Crippen molar-refractivity contribution in [3.05, 3.63) is 83.9 Å². The van der Waals surface area contributed by atoms with E-state index >= 15 is 0 Å². The van der Waals surface area contributed by atoms with Gasteiger partial charge in [0.25, 0.3) is 22.7 Å². The van der Waals surface area contributed by atoms with Crippen molar-refractivity contribution in [2.45, 2.75) is 40.9 Å². The lowest BCUT2D eigenvalue weighted by Gasteiger charge is -2.13. The van der Waals surface area contributed by atoms with Gasteiger partial charge in [-0.2, -0.15) is 0 Å². The summed E-state index contributed by atoms with van der Waals surface area (Å²) in [7, 11) is 0. The molecular formula is C19H16Cl2N4O11. The number of nitro groups is 4. The number of halogens is 2. The number of rotatable bonds is 8. The molecule has 0 spiro atoms. The van der Waals surface area contributed by atoms with E-state index in [1.165, 1.54) is 27.7 Å². The second kappa shape index (κ2) is 10.7. The highest BCUT2D eigenvalue weighted by Gasteiger charge is 2.35. The molecule has 2 rings (SSSR count). The molecule has 0 aromatic heterocycles. The fraction of sp³-hybridized carbons (Fsp3) is 0.316. The molecule has 0 radical (unpaired) electrons. The maximum atomic E-state index is 12.2. The molecule has 0 saturated carbocycles. The highest BCUT2D eigenvalue weighted by Crippen LogP contribution is 2.42. The van der Waals surface area contributed by atoms with Gasteiger partial charge in [0.05, 0.1) is 29.7 Å². The third kappa shape index (κ3) is 5.11. The van der Waals surface area contributed by atoms with Gasteiger partial charge in [-0.3, -0.25) is 40.5 Å². The summed E-state index contributed by atoms with van der Waals surface area (Å²) in [4.78, 5) is 54.7. The Bertz CT molecular complexity index is 1160. The molecule has 0 heterocycles. The minimum Gasteiger partial charge on any atom is -0.429 e. The fourth-order valence-corrected chi connectivity index (χ4v) is 4.03.